The summed E-state index contributed by atoms with van der Waals surface area (Å²) < 4.78 is 27.3. The largest absolute Gasteiger partial charge is 0.306 e. The normalized spacial score (nSPS) is 15.6. The lowest BCUT2D eigenvalue weighted by molar-refractivity contribution is 0.255. The molecule has 33 heavy (non-hydrogen) atoms. The second-order valence-electron chi connectivity index (χ2n) is 8.11. The van der Waals surface area contributed by atoms with Crippen LogP contribution in [0.2, 0.25) is 10.3 Å². The van der Waals surface area contributed by atoms with Crippen molar-refractivity contribution in [1.29, 1.82) is 0 Å². The molecule has 1 aromatic carbocycles. The summed E-state index contributed by atoms with van der Waals surface area (Å²) in [6.45, 7) is 3.85. The van der Waals surface area contributed by atoms with E-state index in [1.54, 1.807) is 35.7 Å². The molecule has 0 amide bonds. The van der Waals surface area contributed by atoms with Crippen molar-refractivity contribution in [2.24, 2.45) is 0 Å². The lowest BCUT2D eigenvalue weighted by Gasteiger charge is -2.27. The van der Waals surface area contributed by atoms with Gasteiger partial charge in [-0.3, -0.25) is 4.72 Å². The van der Waals surface area contributed by atoms with Crippen LogP contribution in [0.5, 0.6) is 0 Å². The molecule has 3 aromatic rings. The van der Waals surface area contributed by atoms with Gasteiger partial charge in [0.25, 0.3) is 0 Å². The molecule has 1 fully saturated rings. The summed E-state index contributed by atoms with van der Waals surface area (Å²) in [6.07, 6.45) is 4.17. The maximum absolute atomic E-state index is 12.3. The van der Waals surface area contributed by atoms with Crippen LogP contribution >= 0.6 is 34.5 Å². The smallest absolute Gasteiger partial charge is 0.232 e. The van der Waals surface area contributed by atoms with Crippen LogP contribution in [0.3, 0.4) is 0 Å². The van der Waals surface area contributed by atoms with Gasteiger partial charge >= 0.3 is 0 Å². The highest BCUT2D eigenvalue weighted by Crippen LogP contribution is 2.44. The van der Waals surface area contributed by atoms with Crippen molar-refractivity contribution in [2.45, 2.75) is 32.1 Å². The van der Waals surface area contributed by atoms with Crippen molar-refractivity contribution in [1.82, 2.24) is 19.9 Å². The Morgan fingerprint density at radius 2 is 1.94 bits per heavy atom. The van der Waals surface area contributed by atoms with Gasteiger partial charge in [-0.2, -0.15) is 0 Å². The molecular weight excluding hydrogens is 501 g/mol. The summed E-state index contributed by atoms with van der Waals surface area (Å²) in [5.41, 5.74) is 2.32. The molecule has 7 nitrogen and oxygen atoms in total. The number of likely N-dealkylation sites (tertiary alicyclic amines) is 1. The van der Waals surface area contributed by atoms with Gasteiger partial charge in [0.2, 0.25) is 15.3 Å². The molecule has 176 valence electrons. The summed E-state index contributed by atoms with van der Waals surface area (Å²) >= 11 is 14.4. The molecule has 2 aromatic heterocycles. The van der Waals surface area contributed by atoms with Crippen LogP contribution < -0.4 is 4.72 Å². The van der Waals surface area contributed by atoms with Gasteiger partial charge in [0, 0.05) is 17.7 Å². The first-order chi connectivity index (χ1) is 15.8. The summed E-state index contributed by atoms with van der Waals surface area (Å²) in [7, 11) is -1.36. The molecule has 4 rings (SSSR count). The van der Waals surface area contributed by atoms with E-state index in [4.69, 9.17) is 28.2 Å². The number of nitrogens with zero attached hydrogens (tertiary/aromatic N) is 4. The molecule has 0 unspecified atom stereocenters. The monoisotopic (exact) mass is 525 g/mol. The molecule has 11 heteroatoms. The van der Waals surface area contributed by atoms with Crippen LogP contribution in [-0.4, -0.2) is 54.2 Å². The van der Waals surface area contributed by atoms with E-state index < -0.39 is 10.0 Å². The fourth-order valence-corrected chi connectivity index (χ4v) is 6.70. The molecule has 1 aliphatic heterocycles. The minimum atomic E-state index is -3.49. The molecule has 0 atom stereocenters. The molecule has 1 aliphatic rings. The Labute approximate surface area is 208 Å². The number of hydrogen-bond acceptors (Lipinski definition) is 7. The second kappa shape index (κ2) is 10.2. The number of rotatable bonds is 7. The highest BCUT2D eigenvalue weighted by Gasteiger charge is 2.26. The second-order valence-corrected chi connectivity index (χ2v) is 11.7. The minimum Gasteiger partial charge on any atom is -0.306 e. The molecular formula is C22H25Cl2N5O2S2. The zero-order valence-electron chi connectivity index (χ0n) is 18.4. The predicted molar refractivity (Wildman–Crippen MR) is 136 cm³/mol. The van der Waals surface area contributed by atoms with Crippen molar-refractivity contribution in [3.05, 3.63) is 45.8 Å². The summed E-state index contributed by atoms with van der Waals surface area (Å²) in [5, 5.41) is 1.48. The van der Waals surface area contributed by atoms with E-state index >= 15 is 0 Å². The third-order valence-electron chi connectivity index (χ3n) is 5.56. The Bertz CT molecular complexity index is 1240. The Morgan fingerprint density at radius 1 is 1.18 bits per heavy atom. The average molecular weight is 527 g/mol. The summed E-state index contributed by atoms with van der Waals surface area (Å²) in [4.78, 5) is 16.6. The fourth-order valence-electron chi connectivity index (χ4n) is 3.87. The summed E-state index contributed by atoms with van der Waals surface area (Å²) in [6, 6.07) is 7.07. The molecule has 3 heterocycles. The third kappa shape index (κ3) is 5.66. The molecule has 1 N–H and O–H groups in total. The van der Waals surface area contributed by atoms with Gasteiger partial charge in [-0.1, -0.05) is 30.7 Å². The quantitative estimate of drug-likeness (QED) is 0.407. The SMILES string of the molecule is CCCS(=O)(=O)Nc1cccc(-c2nc(C3CCN(C)CC3)sc2-c2ccnc(Cl)n2)c1Cl. The van der Waals surface area contributed by atoms with Crippen molar-refractivity contribution in [3.8, 4) is 21.8 Å². The zero-order valence-corrected chi connectivity index (χ0v) is 21.5. The third-order valence-corrected chi connectivity index (χ3v) is 8.87. The van der Waals surface area contributed by atoms with Gasteiger partial charge in [-0.25, -0.2) is 23.4 Å². The van der Waals surface area contributed by atoms with Gasteiger partial charge < -0.3 is 4.90 Å². The number of hydrogen-bond donors (Lipinski definition) is 1. The lowest BCUT2D eigenvalue weighted by Crippen LogP contribution is -2.29. The number of nitrogens with one attached hydrogen (secondary N) is 1. The lowest BCUT2D eigenvalue weighted by atomic mass is 9.98. The first kappa shape index (κ1) is 24.3. The van der Waals surface area contributed by atoms with E-state index in [0.29, 0.717) is 40.0 Å². The summed E-state index contributed by atoms with van der Waals surface area (Å²) in [5.74, 6) is 0.371. The van der Waals surface area contributed by atoms with E-state index in [0.717, 1.165) is 35.8 Å². The van der Waals surface area contributed by atoms with E-state index in [9.17, 15) is 8.42 Å². The number of aromatic nitrogens is 3. The maximum atomic E-state index is 12.3. The Balaban J connectivity index is 1.80. The number of thiazole rings is 1. The highest BCUT2D eigenvalue weighted by molar-refractivity contribution is 7.92. The first-order valence-electron chi connectivity index (χ1n) is 10.7. The standard InChI is InChI=1S/C22H25Cl2N5O2S2/c1-3-13-33(30,31)28-16-6-4-5-15(18(16)23)19-20(17-7-10-25-22(24)26-17)32-21(27-19)14-8-11-29(2)12-9-14/h4-7,10,14,28H,3,8-9,11-13H2,1-2H3. The van der Waals surface area contributed by atoms with E-state index in [1.807, 2.05) is 13.0 Å². The van der Waals surface area contributed by atoms with Crippen LogP contribution in [0.1, 0.15) is 37.1 Å². The van der Waals surface area contributed by atoms with Crippen LogP contribution in [0, 0.1) is 0 Å². The van der Waals surface area contributed by atoms with E-state index in [1.165, 1.54) is 0 Å². The van der Waals surface area contributed by atoms with Crippen LogP contribution in [-0.2, 0) is 10.0 Å². The predicted octanol–water partition coefficient (Wildman–Crippen LogP) is 5.53. The van der Waals surface area contributed by atoms with Crippen molar-refractivity contribution < 1.29 is 8.42 Å². The van der Waals surface area contributed by atoms with Gasteiger partial charge in [0.05, 0.1) is 37.7 Å². The van der Waals surface area contributed by atoms with Crippen molar-refractivity contribution in [3.63, 3.8) is 0 Å². The number of piperidine rings is 1. The molecule has 0 bridgehead atoms. The number of anilines is 1. The minimum absolute atomic E-state index is 0.0230. The topological polar surface area (TPSA) is 88.1 Å². The molecule has 0 aliphatic carbocycles. The zero-order chi connectivity index (χ0) is 23.6. The molecule has 1 saturated heterocycles. The van der Waals surface area contributed by atoms with Crippen LogP contribution in [0.25, 0.3) is 21.8 Å². The Hall–Kier alpha value is -1.78. The maximum Gasteiger partial charge on any atom is 0.232 e. The van der Waals surface area contributed by atoms with Crippen molar-refractivity contribution in [2.75, 3.05) is 30.6 Å². The van der Waals surface area contributed by atoms with Crippen molar-refractivity contribution >= 4 is 50.2 Å². The number of benzene rings is 1. The van der Waals surface area contributed by atoms with E-state index in [-0.39, 0.29) is 11.0 Å². The van der Waals surface area contributed by atoms with Gasteiger partial charge in [0.1, 0.15) is 0 Å². The van der Waals surface area contributed by atoms with Crippen LogP contribution in [0.4, 0.5) is 5.69 Å². The molecule has 0 radical (unpaired) electrons. The Morgan fingerprint density at radius 3 is 2.64 bits per heavy atom. The average Bonchev–Trinajstić information content (AvgIpc) is 3.21. The van der Waals surface area contributed by atoms with E-state index in [2.05, 4.69) is 26.6 Å². The fraction of sp³-hybridized carbons (Fsp3) is 0.409. The van der Waals surface area contributed by atoms with Gasteiger partial charge in [-0.15, -0.1) is 11.3 Å². The molecule has 0 saturated carbocycles. The van der Waals surface area contributed by atoms with Gasteiger partial charge in [0.15, 0.2) is 0 Å². The molecule has 0 spiro atoms. The highest BCUT2D eigenvalue weighted by atomic mass is 35.5. The van der Waals surface area contributed by atoms with Crippen LogP contribution in [0.15, 0.2) is 30.5 Å². The van der Waals surface area contributed by atoms with Gasteiger partial charge in [-0.05, 0) is 63.1 Å². The first-order valence-corrected chi connectivity index (χ1v) is 14.0. The number of sulfonamides is 1. The number of halogens is 2. The Kier molecular flexibility index (Phi) is 7.55.